The van der Waals surface area contributed by atoms with Crippen LogP contribution in [-0.2, 0) is 19.6 Å². The van der Waals surface area contributed by atoms with Gasteiger partial charge in [0.25, 0.3) is 0 Å². The third-order valence-corrected chi connectivity index (χ3v) is 7.82. The van der Waals surface area contributed by atoms with Gasteiger partial charge < -0.3 is 14.4 Å². The van der Waals surface area contributed by atoms with Crippen LogP contribution >= 0.6 is 0 Å². The summed E-state index contributed by atoms with van der Waals surface area (Å²) in [7, 11) is -2.21. The maximum Gasteiger partial charge on any atom is 0.245 e. The molecule has 1 atom stereocenters. The predicted molar refractivity (Wildman–Crippen MR) is 120 cm³/mol. The molecule has 2 heterocycles. The van der Waals surface area contributed by atoms with Gasteiger partial charge in [0, 0.05) is 26.2 Å². The predicted octanol–water partition coefficient (Wildman–Crippen LogP) is 1.87. The monoisotopic (exact) mass is 459 g/mol. The third-order valence-electron chi connectivity index (χ3n) is 5.95. The first-order chi connectivity index (χ1) is 15.4. The normalized spacial score (nSPS) is 20.4. The molecule has 0 spiro atoms. The van der Waals surface area contributed by atoms with E-state index in [0.717, 1.165) is 11.1 Å². The maximum atomic E-state index is 13.5. The third kappa shape index (κ3) is 4.66. The van der Waals surface area contributed by atoms with Crippen LogP contribution in [0.5, 0.6) is 5.75 Å². The fraction of sp³-hybridized carbons (Fsp3) is 0.435. The molecular weight excluding hydrogens is 430 g/mol. The standard InChI is InChI=1S/C23H29N3O5S/c1-18-3-9-21(10-4-18)32(28,29)26-12-11-25(22(27)17-24-13-15-31-16-14-24)23(26)19-5-7-20(30-2)8-6-19/h3-10,23H,11-17H2,1-2H3/t23-/m1/s1. The Morgan fingerprint density at radius 3 is 2.28 bits per heavy atom. The zero-order valence-electron chi connectivity index (χ0n) is 18.4. The minimum atomic E-state index is -3.79. The van der Waals surface area contributed by atoms with Crippen LogP contribution in [0.4, 0.5) is 0 Å². The highest BCUT2D eigenvalue weighted by molar-refractivity contribution is 7.89. The van der Waals surface area contributed by atoms with Crippen LogP contribution in [0.15, 0.2) is 53.4 Å². The largest absolute Gasteiger partial charge is 0.497 e. The Hall–Kier alpha value is -2.46. The zero-order chi connectivity index (χ0) is 22.7. The van der Waals surface area contributed by atoms with Crippen LogP contribution in [0.25, 0.3) is 0 Å². The van der Waals surface area contributed by atoms with Gasteiger partial charge in [-0.3, -0.25) is 9.69 Å². The van der Waals surface area contributed by atoms with Crippen molar-refractivity contribution >= 4 is 15.9 Å². The first-order valence-electron chi connectivity index (χ1n) is 10.7. The highest BCUT2D eigenvalue weighted by Gasteiger charge is 2.43. The quantitative estimate of drug-likeness (QED) is 0.656. The lowest BCUT2D eigenvalue weighted by Gasteiger charge is -2.33. The summed E-state index contributed by atoms with van der Waals surface area (Å²) in [6, 6.07) is 14.0. The van der Waals surface area contributed by atoms with Gasteiger partial charge in [-0.1, -0.05) is 29.8 Å². The number of sulfonamides is 1. The van der Waals surface area contributed by atoms with Gasteiger partial charge >= 0.3 is 0 Å². The molecule has 32 heavy (non-hydrogen) atoms. The van der Waals surface area contributed by atoms with Crippen LogP contribution in [0, 0.1) is 6.92 Å². The molecule has 2 aromatic carbocycles. The summed E-state index contributed by atoms with van der Waals surface area (Å²) in [5.74, 6) is 0.584. The summed E-state index contributed by atoms with van der Waals surface area (Å²) in [6.07, 6.45) is -0.708. The van der Waals surface area contributed by atoms with Gasteiger partial charge in [-0.25, -0.2) is 8.42 Å². The smallest absolute Gasteiger partial charge is 0.245 e. The summed E-state index contributed by atoms with van der Waals surface area (Å²) in [6.45, 7) is 5.32. The first kappa shape index (κ1) is 22.7. The van der Waals surface area contributed by atoms with E-state index in [1.807, 2.05) is 24.0 Å². The Morgan fingerprint density at radius 1 is 1.00 bits per heavy atom. The van der Waals surface area contributed by atoms with E-state index in [2.05, 4.69) is 0 Å². The first-order valence-corrected chi connectivity index (χ1v) is 12.2. The Bertz CT molecular complexity index is 1030. The molecule has 8 nitrogen and oxygen atoms in total. The molecule has 2 aliphatic heterocycles. The highest BCUT2D eigenvalue weighted by atomic mass is 32.2. The van der Waals surface area contributed by atoms with Crippen molar-refractivity contribution in [2.75, 3.05) is 53.0 Å². The minimum absolute atomic E-state index is 0.0886. The average molecular weight is 460 g/mol. The highest BCUT2D eigenvalue weighted by Crippen LogP contribution is 2.36. The molecule has 2 aliphatic rings. The van der Waals surface area contributed by atoms with E-state index in [9.17, 15) is 13.2 Å². The summed E-state index contributed by atoms with van der Waals surface area (Å²) in [5, 5.41) is 0. The lowest BCUT2D eigenvalue weighted by molar-refractivity contribution is -0.135. The summed E-state index contributed by atoms with van der Waals surface area (Å²) >= 11 is 0. The molecule has 172 valence electrons. The second-order valence-electron chi connectivity index (χ2n) is 8.05. The van der Waals surface area contributed by atoms with Gasteiger partial charge in [-0.05, 0) is 36.8 Å². The minimum Gasteiger partial charge on any atom is -0.497 e. The molecule has 2 aromatic rings. The zero-order valence-corrected chi connectivity index (χ0v) is 19.3. The molecule has 0 unspecified atom stereocenters. The number of amides is 1. The van der Waals surface area contributed by atoms with Gasteiger partial charge in [0.2, 0.25) is 15.9 Å². The number of carbonyl (C=O) groups excluding carboxylic acids is 1. The van der Waals surface area contributed by atoms with Crippen molar-refractivity contribution in [2.45, 2.75) is 18.0 Å². The second kappa shape index (κ2) is 9.58. The van der Waals surface area contributed by atoms with Crippen LogP contribution in [-0.4, -0.2) is 81.5 Å². The number of nitrogens with zero attached hydrogens (tertiary/aromatic N) is 3. The second-order valence-corrected chi connectivity index (χ2v) is 9.94. The Balaban J connectivity index is 1.66. The molecule has 0 saturated carbocycles. The van der Waals surface area contributed by atoms with Crippen LogP contribution < -0.4 is 4.74 Å². The number of carbonyl (C=O) groups is 1. The van der Waals surface area contributed by atoms with Gasteiger partial charge in [0.1, 0.15) is 11.9 Å². The Labute approximate surface area is 189 Å². The number of morpholine rings is 1. The molecule has 2 saturated heterocycles. The molecule has 0 radical (unpaired) electrons. The average Bonchev–Trinajstić information content (AvgIpc) is 3.26. The van der Waals surface area contributed by atoms with Crippen molar-refractivity contribution < 1.29 is 22.7 Å². The van der Waals surface area contributed by atoms with Crippen molar-refractivity contribution in [1.82, 2.24) is 14.1 Å². The van der Waals surface area contributed by atoms with Crippen LogP contribution in [0.3, 0.4) is 0 Å². The number of hydrogen-bond donors (Lipinski definition) is 0. The maximum absolute atomic E-state index is 13.5. The van der Waals surface area contributed by atoms with E-state index in [0.29, 0.717) is 38.6 Å². The number of benzene rings is 2. The van der Waals surface area contributed by atoms with Gasteiger partial charge in [0.05, 0.1) is 31.8 Å². The number of methoxy groups -OCH3 is 1. The fourth-order valence-corrected chi connectivity index (χ4v) is 5.70. The Morgan fingerprint density at radius 2 is 1.66 bits per heavy atom. The lowest BCUT2D eigenvalue weighted by Crippen LogP contribution is -2.45. The number of rotatable bonds is 6. The topological polar surface area (TPSA) is 79.4 Å². The fourth-order valence-electron chi connectivity index (χ4n) is 4.13. The van der Waals surface area contributed by atoms with Crippen LogP contribution in [0.1, 0.15) is 17.3 Å². The SMILES string of the molecule is COc1ccc([C@@H]2N(C(=O)CN3CCOCC3)CCN2S(=O)(=O)c2ccc(C)cc2)cc1. The molecule has 0 aromatic heterocycles. The molecule has 2 fully saturated rings. The van der Waals surface area contributed by atoms with E-state index in [4.69, 9.17) is 9.47 Å². The Kier molecular flexibility index (Phi) is 6.80. The molecule has 9 heteroatoms. The van der Waals surface area contributed by atoms with Gasteiger partial charge in [0.15, 0.2) is 0 Å². The molecular formula is C23H29N3O5S. The van der Waals surface area contributed by atoms with E-state index in [1.165, 1.54) is 4.31 Å². The van der Waals surface area contributed by atoms with Crippen molar-refractivity contribution in [3.05, 3.63) is 59.7 Å². The van der Waals surface area contributed by atoms with E-state index in [1.54, 1.807) is 48.4 Å². The summed E-state index contributed by atoms with van der Waals surface area (Å²) in [4.78, 5) is 17.2. The number of hydrogen-bond acceptors (Lipinski definition) is 6. The van der Waals surface area contributed by atoms with Gasteiger partial charge in [-0.2, -0.15) is 4.31 Å². The molecule has 0 aliphatic carbocycles. The van der Waals surface area contributed by atoms with Gasteiger partial charge in [-0.15, -0.1) is 0 Å². The molecule has 4 rings (SSSR count). The van der Waals surface area contributed by atoms with E-state index in [-0.39, 0.29) is 23.9 Å². The molecule has 1 amide bonds. The van der Waals surface area contributed by atoms with E-state index >= 15 is 0 Å². The van der Waals surface area contributed by atoms with E-state index < -0.39 is 16.2 Å². The molecule has 0 N–H and O–H groups in total. The number of ether oxygens (including phenoxy) is 2. The number of aryl methyl sites for hydroxylation is 1. The van der Waals surface area contributed by atoms with Crippen molar-refractivity contribution in [2.24, 2.45) is 0 Å². The lowest BCUT2D eigenvalue weighted by atomic mass is 10.1. The van der Waals surface area contributed by atoms with Crippen molar-refractivity contribution in [3.8, 4) is 5.75 Å². The molecule has 0 bridgehead atoms. The summed E-state index contributed by atoms with van der Waals surface area (Å²) < 4.78 is 39.1. The van der Waals surface area contributed by atoms with Crippen LogP contribution in [0.2, 0.25) is 0 Å². The van der Waals surface area contributed by atoms with Crippen molar-refractivity contribution in [1.29, 1.82) is 0 Å². The summed E-state index contributed by atoms with van der Waals surface area (Å²) in [5.41, 5.74) is 1.72. The van der Waals surface area contributed by atoms with Crippen molar-refractivity contribution in [3.63, 3.8) is 0 Å².